The Morgan fingerprint density at radius 3 is 2.38 bits per heavy atom. The van der Waals surface area contributed by atoms with E-state index in [0.29, 0.717) is 16.2 Å². The Bertz CT molecular complexity index is 1090. The van der Waals surface area contributed by atoms with Gasteiger partial charge in [-0.2, -0.15) is 4.98 Å². The molecule has 0 fully saturated rings. The van der Waals surface area contributed by atoms with Crippen LogP contribution in [0.5, 0.6) is 0 Å². The highest BCUT2D eigenvalue weighted by atomic mass is 35.5. The van der Waals surface area contributed by atoms with Crippen molar-refractivity contribution >= 4 is 22.5 Å². The van der Waals surface area contributed by atoms with Crippen LogP contribution in [0.2, 0.25) is 5.02 Å². The van der Waals surface area contributed by atoms with Crippen LogP contribution in [0.25, 0.3) is 28.0 Å². The van der Waals surface area contributed by atoms with Crippen molar-refractivity contribution in [3.05, 3.63) is 94.2 Å². The molecule has 3 aromatic carbocycles. The quantitative estimate of drug-likeness (QED) is 0.533. The van der Waals surface area contributed by atoms with Crippen molar-refractivity contribution in [1.29, 1.82) is 0 Å². The van der Waals surface area contributed by atoms with E-state index < -0.39 is 0 Å². The lowest BCUT2D eigenvalue weighted by molar-refractivity contribution is 1.03. The smallest absolute Gasteiger partial charge is 0.281 e. The number of benzene rings is 3. The predicted molar refractivity (Wildman–Crippen MR) is 97.8 cm³/mol. The molecule has 4 aromatic rings. The third-order valence-corrected chi connectivity index (χ3v) is 4.13. The number of para-hydroxylation sites is 1. The van der Waals surface area contributed by atoms with E-state index in [4.69, 9.17) is 11.6 Å². The fraction of sp³-hybridized carbons (Fsp3) is 0. The monoisotopic (exact) mass is 332 g/mol. The standard InChI is InChI=1S/C20H13ClN2O/c21-15-9-6-10-16(13-15)23-18-12-5-4-11-17(18)20(24)22-19(23)14-7-2-1-3-8-14/h1-13H. The molecule has 0 aliphatic heterocycles. The lowest BCUT2D eigenvalue weighted by Crippen LogP contribution is -2.15. The van der Waals surface area contributed by atoms with Gasteiger partial charge in [0, 0.05) is 16.3 Å². The summed E-state index contributed by atoms with van der Waals surface area (Å²) in [6, 6.07) is 24.7. The fourth-order valence-electron chi connectivity index (χ4n) is 2.83. The first-order valence-electron chi connectivity index (χ1n) is 7.57. The molecule has 0 amide bonds. The van der Waals surface area contributed by atoms with Crippen molar-refractivity contribution in [2.75, 3.05) is 0 Å². The Morgan fingerprint density at radius 1 is 0.833 bits per heavy atom. The first kappa shape index (κ1) is 14.7. The van der Waals surface area contributed by atoms with Gasteiger partial charge >= 0.3 is 0 Å². The Morgan fingerprint density at radius 2 is 1.58 bits per heavy atom. The van der Waals surface area contributed by atoms with Crippen LogP contribution >= 0.6 is 11.6 Å². The molecule has 1 heterocycles. The molecule has 0 N–H and O–H groups in total. The summed E-state index contributed by atoms with van der Waals surface area (Å²) in [4.78, 5) is 16.8. The molecule has 1 aromatic heterocycles. The van der Waals surface area contributed by atoms with Gasteiger partial charge in [-0.05, 0) is 30.3 Å². The van der Waals surface area contributed by atoms with Crippen molar-refractivity contribution in [2.45, 2.75) is 0 Å². The summed E-state index contributed by atoms with van der Waals surface area (Å²) in [7, 11) is 0. The molecule has 0 saturated carbocycles. The molecule has 0 atom stereocenters. The highest BCUT2D eigenvalue weighted by molar-refractivity contribution is 6.30. The second-order valence-electron chi connectivity index (χ2n) is 5.44. The number of fused-ring (bicyclic) bond motifs is 1. The highest BCUT2D eigenvalue weighted by Crippen LogP contribution is 2.26. The molecular formula is C20H13ClN2O. The summed E-state index contributed by atoms with van der Waals surface area (Å²) in [6.07, 6.45) is 0. The van der Waals surface area contributed by atoms with E-state index in [0.717, 1.165) is 16.8 Å². The second-order valence-corrected chi connectivity index (χ2v) is 5.88. The van der Waals surface area contributed by atoms with Gasteiger partial charge in [0.05, 0.1) is 10.9 Å². The van der Waals surface area contributed by atoms with Crippen LogP contribution in [-0.4, -0.2) is 9.55 Å². The Kier molecular flexibility index (Phi) is 3.63. The van der Waals surface area contributed by atoms with Crippen molar-refractivity contribution < 1.29 is 0 Å². The first-order valence-corrected chi connectivity index (χ1v) is 7.95. The molecule has 0 aliphatic rings. The van der Waals surface area contributed by atoms with E-state index in [-0.39, 0.29) is 5.56 Å². The van der Waals surface area contributed by atoms with Crippen molar-refractivity contribution in [3.8, 4) is 17.1 Å². The molecule has 0 unspecified atom stereocenters. The van der Waals surface area contributed by atoms with E-state index in [1.807, 2.05) is 77.4 Å². The topological polar surface area (TPSA) is 34.9 Å². The maximum absolute atomic E-state index is 12.5. The molecule has 0 spiro atoms. The summed E-state index contributed by atoms with van der Waals surface area (Å²) in [6.45, 7) is 0. The Hall–Kier alpha value is -2.91. The zero-order valence-electron chi connectivity index (χ0n) is 12.7. The molecule has 24 heavy (non-hydrogen) atoms. The van der Waals surface area contributed by atoms with Gasteiger partial charge in [0.25, 0.3) is 5.56 Å². The van der Waals surface area contributed by atoms with Gasteiger partial charge in [0.2, 0.25) is 0 Å². The van der Waals surface area contributed by atoms with E-state index in [1.54, 1.807) is 6.07 Å². The maximum atomic E-state index is 12.5. The van der Waals surface area contributed by atoms with Crippen LogP contribution in [0.4, 0.5) is 0 Å². The molecule has 4 heteroatoms. The minimum absolute atomic E-state index is 0.234. The first-order chi connectivity index (χ1) is 11.7. The highest BCUT2D eigenvalue weighted by Gasteiger charge is 2.13. The summed E-state index contributed by atoms with van der Waals surface area (Å²) in [5.41, 5.74) is 2.31. The largest absolute Gasteiger partial charge is 0.294 e. The number of hydrogen-bond donors (Lipinski definition) is 0. The minimum Gasteiger partial charge on any atom is -0.294 e. The van der Waals surface area contributed by atoms with Crippen molar-refractivity contribution in [3.63, 3.8) is 0 Å². The minimum atomic E-state index is -0.234. The average molecular weight is 333 g/mol. The molecule has 0 radical (unpaired) electrons. The van der Waals surface area contributed by atoms with Crippen LogP contribution in [0.3, 0.4) is 0 Å². The molecule has 116 valence electrons. The molecule has 0 aliphatic carbocycles. The zero-order valence-corrected chi connectivity index (χ0v) is 13.4. The maximum Gasteiger partial charge on any atom is 0.281 e. The second kappa shape index (κ2) is 5.95. The molecule has 4 rings (SSSR count). The number of halogens is 1. The third-order valence-electron chi connectivity index (χ3n) is 3.89. The van der Waals surface area contributed by atoms with Crippen molar-refractivity contribution in [1.82, 2.24) is 9.55 Å². The van der Waals surface area contributed by atoms with E-state index in [1.165, 1.54) is 0 Å². The lowest BCUT2D eigenvalue weighted by Gasteiger charge is -2.16. The number of rotatable bonds is 2. The summed E-state index contributed by atoms with van der Waals surface area (Å²) >= 11 is 6.18. The SMILES string of the molecule is O=c1nc(-c2ccccc2)n(-c2cccc(Cl)c2)c2ccccc12. The third kappa shape index (κ3) is 2.49. The fourth-order valence-corrected chi connectivity index (χ4v) is 3.01. The molecular weight excluding hydrogens is 320 g/mol. The van der Waals surface area contributed by atoms with Crippen LogP contribution in [0.15, 0.2) is 83.7 Å². The number of hydrogen-bond acceptors (Lipinski definition) is 2. The van der Waals surface area contributed by atoms with E-state index >= 15 is 0 Å². The van der Waals surface area contributed by atoms with Crippen LogP contribution in [0.1, 0.15) is 0 Å². The molecule has 3 nitrogen and oxygen atoms in total. The number of nitrogens with zero attached hydrogens (tertiary/aromatic N) is 2. The van der Waals surface area contributed by atoms with Gasteiger partial charge in [-0.1, -0.05) is 60.1 Å². The Balaban J connectivity index is 2.16. The van der Waals surface area contributed by atoms with E-state index in [2.05, 4.69) is 4.98 Å². The summed E-state index contributed by atoms with van der Waals surface area (Å²) in [5, 5.41) is 1.21. The van der Waals surface area contributed by atoms with Gasteiger partial charge in [-0.25, -0.2) is 0 Å². The van der Waals surface area contributed by atoms with Crippen molar-refractivity contribution in [2.24, 2.45) is 0 Å². The summed E-state index contributed by atoms with van der Waals surface area (Å²) in [5.74, 6) is 0.599. The molecule has 0 saturated heterocycles. The summed E-state index contributed by atoms with van der Waals surface area (Å²) < 4.78 is 1.97. The number of aromatic nitrogens is 2. The van der Waals surface area contributed by atoms with Crippen LogP contribution < -0.4 is 5.56 Å². The average Bonchev–Trinajstić information content (AvgIpc) is 2.62. The van der Waals surface area contributed by atoms with Crippen LogP contribution in [-0.2, 0) is 0 Å². The Labute approximate surface area is 143 Å². The normalized spacial score (nSPS) is 10.9. The predicted octanol–water partition coefficient (Wildman–Crippen LogP) is 4.71. The van der Waals surface area contributed by atoms with Crippen LogP contribution in [0, 0.1) is 0 Å². The van der Waals surface area contributed by atoms with Gasteiger partial charge in [0.1, 0.15) is 5.82 Å². The molecule has 0 bridgehead atoms. The van der Waals surface area contributed by atoms with Gasteiger partial charge in [0.15, 0.2) is 0 Å². The van der Waals surface area contributed by atoms with Gasteiger partial charge < -0.3 is 0 Å². The van der Waals surface area contributed by atoms with Gasteiger partial charge in [-0.15, -0.1) is 0 Å². The zero-order chi connectivity index (χ0) is 16.5. The lowest BCUT2D eigenvalue weighted by atomic mass is 10.1. The van der Waals surface area contributed by atoms with E-state index in [9.17, 15) is 4.79 Å². The van der Waals surface area contributed by atoms with Gasteiger partial charge in [-0.3, -0.25) is 9.36 Å².